The number of aliphatic hydroxyl groups excluding tert-OH is 1. The van der Waals surface area contributed by atoms with Crippen molar-refractivity contribution in [1.29, 1.82) is 0 Å². The summed E-state index contributed by atoms with van der Waals surface area (Å²) in [6, 6.07) is 3.19. The minimum absolute atomic E-state index is 0.0907. The fourth-order valence-electron chi connectivity index (χ4n) is 2.91. The summed E-state index contributed by atoms with van der Waals surface area (Å²) < 4.78 is 26.1. The highest BCUT2D eigenvalue weighted by Gasteiger charge is 2.26. The molecule has 1 fully saturated rings. The number of likely N-dealkylation sites (N-methyl/N-ethyl adjacent to an activating group) is 1. The average molecular weight is 312 g/mol. The quantitative estimate of drug-likeness (QED) is 0.840. The lowest BCUT2D eigenvalue weighted by molar-refractivity contribution is -0.122. The molecule has 2 unspecified atom stereocenters. The van der Waals surface area contributed by atoms with Gasteiger partial charge in [0.25, 0.3) is 0 Å². The third-order valence-electron chi connectivity index (χ3n) is 3.99. The van der Waals surface area contributed by atoms with Crippen LogP contribution in [0.25, 0.3) is 0 Å². The Bertz CT molecular complexity index is 505. The fraction of sp³-hybridized carbons (Fsp3) is 0.562. The van der Waals surface area contributed by atoms with Crippen molar-refractivity contribution in [1.82, 2.24) is 10.2 Å². The highest BCUT2D eigenvalue weighted by atomic mass is 19.1. The van der Waals surface area contributed by atoms with Crippen LogP contribution in [0.2, 0.25) is 0 Å². The molecule has 6 heteroatoms. The summed E-state index contributed by atoms with van der Waals surface area (Å²) in [6.45, 7) is 0.956. The molecular weight excluding hydrogens is 290 g/mol. The highest BCUT2D eigenvalue weighted by molar-refractivity contribution is 5.77. The molecule has 0 spiro atoms. The number of hydrogen-bond donors (Lipinski definition) is 2. The van der Waals surface area contributed by atoms with Crippen LogP contribution in [-0.2, 0) is 11.3 Å². The second-order valence-electron chi connectivity index (χ2n) is 6.01. The molecule has 1 aliphatic carbocycles. The molecule has 0 aliphatic heterocycles. The minimum Gasteiger partial charge on any atom is -0.393 e. The van der Waals surface area contributed by atoms with Gasteiger partial charge in [-0.25, -0.2) is 8.78 Å². The number of aliphatic hydroxyl groups is 1. The molecule has 122 valence electrons. The van der Waals surface area contributed by atoms with Gasteiger partial charge in [0.2, 0.25) is 5.91 Å². The Kier molecular flexibility index (Phi) is 5.85. The van der Waals surface area contributed by atoms with Crippen molar-refractivity contribution in [2.45, 2.75) is 31.9 Å². The van der Waals surface area contributed by atoms with Crippen molar-refractivity contribution < 1.29 is 18.7 Å². The average Bonchev–Trinajstić information content (AvgIpc) is 2.81. The molecule has 1 saturated carbocycles. The van der Waals surface area contributed by atoms with E-state index >= 15 is 0 Å². The van der Waals surface area contributed by atoms with Gasteiger partial charge in [-0.1, -0.05) is 6.42 Å². The molecule has 0 heterocycles. The summed E-state index contributed by atoms with van der Waals surface area (Å²) in [5, 5.41) is 12.4. The molecular formula is C16H22F2N2O2. The van der Waals surface area contributed by atoms with E-state index in [0.717, 1.165) is 25.3 Å². The summed E-state index contributed by atoms with van der Waals surface area (Å²) in [5.41, 5.74) is 0.389. The van der Waals surface area contributed by atoms with E-state index in [2.05, 4.69) is 5.32 Å². The largest absolute Gasteiger partial charge is 0.393 e. The van der Waals surface area contributed by atoms with E-state index in [1.54, 1.807) is 0 Å². The Labute approximate surface area is 129 Å². The minimum atomic E-state index is -0.656. The first kappa shape index (κ1) is 16.8. The molecule has 2 rings (SSSR count). The zero-order chi connectivity index (χ0) is 16.1. The van der Waals surface area contributed by atoms with Gasteiger partial charge in [0, 0.05) is 19.2 Å². The van der Waals surface area contributed by atoms with Crippen LogP contribution in [-0.4, -0.2) is 42.2 Å². The maximum absolute atomic E-state index is 13.0. The Balaban J connectivity index is 1.75. The third kappa shape index (κ3) is 5.03. The number of amides is 1. The van der Waals surface area contributed by atoms with Gasteiger partial charge in [0.1, 0.15) is 11.6 Å². The number of nitrogens with zero attached hydrogens (tertiary/aromatic N) is 1. The van der Waals surface area contributed by atoms with E-state index < -0.39 is 11.6 Å². The van der Waals surface area contributed by atoms with E-state index in [0.29, 0.717) is 12.1 Å². The number of rotatable bonds is 6. The smallest absolute Gasteiger partial charge is 0.234 e. The van der Waals surface area contributed by atoms with Gasteiger partial charge in [0.05, 0.1) is 12.6 Å². The van der Waals surface area contributed by atoms with Crippen molar-refractivity contribution in [3.05, 3.63) is 35.4 Å². The monoisotopic (exact) mass is 312 g/mol. The molecule has 2 N–H and O–H groups in total. The summed E-state index contributed by atoms with van der Waals surface area (Å²) in [4.78, 5) is 13.7. The van der Waals surface area contributed by atoms with Gasteiger partial charge in [-0.15, -0.1) is 0 Å². The van der Waals surface area contributed by atoms with Crippen molar-refractivity contribution in [3.8, 4) is 0 Å². The molecule has 2 atom stereocenters. The van der Waals surface area contributed by atoms with Gasteiger partial charge >= 0.3 is 0 Å². The zero-order valence-corrected chi connectivity index (χ0v) is 12.7. The Morgan fingerprint density at radius 1 is 1.32 bits per heavy atom. The van der Waals surface area contributed by atoms with Crippen LogP contribution in [0.15, 0.2) is 18.2 Å². The van der Waals surface area contributed by atoms with Crippen molar-refractivity contribution in [3.63, 3.8) is 0 Å². The molecule has 0 saturated heterocycles. The Morgan fingerprint density at radius 2 is 2.00 bits per heavy atom. The molecule has 0 aromatic heterocycles. The van der Waals surface area contributed by atoms with Gasteiger partial charge in [-0.2, -0.15) is 0 Å². The summed E-state index contributed by atoms with van der Waals surface area (Å²) >= 11 is 0. The van der Waals surface area contributed by atoms with Crippen LogP contribution in [0, 0.1) is 17.6 Å². The zero-order valence-electron chi connectivity index (χ0n) is 12.7. The van der Waals surface area contributed by atoms with Gasteiger partial charge in [-0.3, -0.25) is 9.69 Å². The first-order valence-electron chi connectivity index (χ1n) is 7.52. The molecule has 1 aromatic rings. The first-order chi connectivity index (χ1) is 10.4. The number of nitrogens with one attached hydrogen (secondary N) is 1. The second kappa shape index (κ2) is 7.65. The van der Waals surface area contributed by atoms with E-state index in [4.69, 9.17) is 0 Å². The summed E-state index contributed by atoms with van der Waals surface area (Å²) in [7, 11) is 1.83. The molecule has 4 nitrogen and oxygen atoms in total. The lowest BCUT2D eigenvalue weighted by atomic mass is 10.1. The molecule has 1 amide bonds. The van der Waals surface area contributed by atoms with E-state index in [-0.39, 0.29) is 31.0 Å². The number of benzene rings is 1. The third-order valence-corrected chi connectivity index (χ3v) is 3.99. The number of halogens is 2. The van der Waals surface area contributed by atoms with Crippen LogP contribution in [0.1, 0.15) is 24.8 Å². The lowest BCUT2D eigenvalue weighted by Crippen LogP contribution is -2.38. The van der Waals surface area contributed by atoms with E-state index in [1.165, 1.54) is 12.1 Å². The van der Waals surface area contributed by atoms with Crippen molar-refractivity contribution in [2.24, 2.45) is 5.92 Å². The normalized spacial score (nSPS) is 21.3. The summed E-state index contributed by atoms with van der Waals surface area (Å²) in [5.74, 6) is -1.30. The van der Waals surface area contributed by atoms with Gasteiger partial charge in [0.15, 0.2) is 0 Å². The first-order valence-corrected chi connectivity index (χ1v) is 7.52. The van der Waals surface area contributed by atoms with Crippen LogP contribution in [0.5, 0.6) is 0 Å². The number of hydrogen-bond acceptors (Lipinski definition) is 3. The number of carbonyl (C=O) groups excluding carboxylic acids is 1. The number of carbonyl (C=O) groups is 1. The molecule has 0 radical (unpaired) electrons. The lowest BCUT2D eigenvalue weighted by Gasteiger charge is -2.22. The van der Waals surface area contributed by atoms with Crippen LogP contribution in [0.4, 0.5) is 8.78 Å². The van der Waals surface area contributed by atoms with Crippen molar-refractivity contribution in [2.75, 3.05) is 20.1 Å². The van der Waals surface area contributed by atoms with Crippen molar-refractivity contribution >= 4 is 5.91 Å². The van der Waals surface area contributed by atoms with Crippen LogP contribution in [0.3, 0.4) is 0 Å². The fourth-order valence-corrected chi connectivity index (χ4v) is 2.91. The second-order valence-corrected chi connectivity index (χ2v) is 6.01. The predicted octanol–water partition coefficient (Wildman–Crippen LogP) is 1.67. The standard InChI is InChI=1S/C16H22F2N2O2/c1-20(9-12-3-2-4-15(12)21)10-16(22)19-8-11-5-13(17)7-14(18)6-11/h5-7,12,15,21H,2-4,8-10H2,1H3,(H,19,22). The Morgan fingerprint density at radius 3 is 2.59 bits per heavy atom. The maximum Gasteiger partial charge on any atom is 0.234 e. The molecule has 0 bridgehead atoms. The topological polar surface area (TPSA) is 52.6 Å². The predicted molar refractivity (Wildman–Crippen MR) is 79.0 cm³/mol. The molecule has 22 heavy (non-hydrogen) atoms. The summed E-state index contributed by atoms with van der Waals surface area (Å²) in [6.07, 6.45) is 2.56. The van der Waals surface area contributed by atoms with E-state index in [9.17, 15) is 18.7 Å². The Hall–Kier alpha value is -1.53. The SMILES string of the molecule is CN(CC(=O)NCc1cc(F)cc(F)c1)CC1CCCC1O. The molecule has 1 aliphatic rings. The highest BCUT2D eigenvalue weighted by Crippen LogP contribution is 2.25. The maximum atomic E-state index is 13.0. The van der Waals surface area contributed by atoms with Gasteiger partial charge in [-0.05, 0) is 43.5 Å². The van der Waals surface area contributed by atoms with Gasteiger partial charge < -0.3 is 10.4 Å². The van der Waals surface area contributed by atoms with E-state index in [1.807, 2.05) is 11.9 Å². The van der Waals surface area contributed by atoms with Crippen LogP contribution < -0.4 is 5.32 Å². The van der Waals surface area contributed by atoms with Crippen LogP contribution >= 0.6 is 0 Å². The molecule has 1 aromatic carbocycles.